The topological polar surface area (TPSA) is 78.0 Å². The second-order valence-corrected chi connectivity index (χ2v) is 5.85. The van der Waals surface area contributed by atoms with E-state index in [1.807, 2.05) is 19.1 Å². The molecular weight excluding hydrogens is 313 g/mol. The molecule has 4 heterocycles. The van der Waals surface area contributed by atoms with Crippen LogP contribution in [-0.2, 0) is 11.3 Å². The summed E-state index contributed by atoms with van der Waals surface area (Å²) in [5, 5.41) is 3.07. The highest BCUT2D eigenvalue weighted by molar-refractivity contribution is 5.82. The van der Waals surface area contributed by atoms with Gasteiger partial charge in [-0.25, -0.2) is 4.98 Å². The Hall–Kier alpha value is -2.48. The zero-order valence-corrected chi connectivity index (χ0v) is 13.3. The van der Waals surface area contributed by atoms with Gasteiger partial charge in [0.2, 0.25) is 0 Å². The fraction of sp³-hybridized carbons (Fsp3) is 0.438. The van der Waals surface area contributed by atoms with Crippen molar-refractivity contribution in [2.45, 2.75) is 39.0 Å². The van der Waals surface area contributed by atoms with Gasteiger partial charge in [0.1, 0.15) is 17.7 Å². The number of nitrogens with one attached hydrogen (secondary N) is 1. The molecule has 0 aliphatic carbocycles. The molecule has 1 aliphatic heterocycles. The molecule has 0 saturated carbocycles. The van der Waals surface area contributed by atoms with E-state index in [1.54, 1.807) is 10.9 Å². The number of anilines is 1. The summed E-state index contributed by atoms with van der Waals surface area (Å²) >= 11 is 0. The van der Waals surface area contributed by atoms with Crippen molar-refractivity contribution >= 4 is 17.0 Å². The van der Waals surface area contributed by atoms with Crippen LogP contribution in [0, 0.1) is 13.0 Å². The minimum Gasteiger partial charge on any atom is -0.465 e. The van der Waals surface area contributed by atoms with Crippen LogP contribution in [0.3, 0.4) is 0 Å². The first kappa shape index (κ1) is 15.1. The van der Waals surface area contributed by atoms with Gasteiger partial charge in [-0.05, 0) is 38.3 Å². The maximum Gasteiger partial charge on any atom is 0.312 e. The Morgan fingerprint density at radius 1 is 1.33 bits per heavy atom. The van der Waals surface area contributed by atoms with Gasteiger partial charge in [0.05, 0.1) is 12.9 Å². The average Bonchev–Trinajstić information content (AvgIpc) is 3.19. The average molecular weight is 331 g/mol. The minimum absolute atomic E-state index is 0.154. The molecule has 0 radical (unpaired) electrons. The monoisotopic (exact) mass is 331 g/mol. The Kier molecular flexibility index (Phi) is 3.89. The van der Waals surface area contributed by atoms with Gasteiger partial charge in [-0.2, -0.15) is 14.4 Å². The van der Waals surface area contributed by atoms with Crippen molar-refractivity contribution in [1.82, 2.24) is 19.5 Å². The molecule has 1 fully saturated rings. The first-order valence-corrected chi connectivity index (χ1v) is 8.01. The molecular formula is C16H18FN5O2. The number of fused-ring (bicyclic) bond motifs is 1. The van der Waals surface area contributed by atoms with Gasteiger partial charge in [-0.1, -0.05) is 0 Å². The number of ether oxygens (including phenoxy) is 1. The van der Waals surface area contributed by atoms with E-state index in [-0.39, 0.29) is 6.23 Å². The van der Waals surface area contributed by atoms with E-state index in [0.29, 0.717) is 30.1 Å². The van der Waals surface area contributed by atoms with Gasteiger partial charge < -0.3 is 14.5 Å². The molecule has 126 valence electrons. The Bertz CT molecular complexity index is 853. The minimum atomic E-state index is -0.793. The second kappa shape index (κ2) is 6.20. The summed E-state index contributed by atoms with van der Waals surface area (Å²) in [5.41, 5.74) is 0.960. The lowest BCUT2D eigenvalue weighted by molar-refractivity contribution is -0.0298. The number of aryl methyl sites for hydroxylation is 1. The molecule has 0 spiro atoms. The normalized spacial score (nSPS) is 18.2. The van der Waals surface area contributed by atoms with Crippen LogP contribution < -0.4 is 5.32 Å². The van der Waals surface area contributed by atoms with E-state index in [9.17, 15) is 4.39 Å². The molecule has 8 heteroatoms. The number of rotatable bonds is 4. The van der Waals surface area contributed by atoms with Crippen LogP contribution in [0.1, 0.15) is 37.0 Å². The molecule has 0 aromatic carbocycles. The van der Waals surface area contributed by atoms with Gasteiger partial charge in [0.25, 0.3) is 0 Å². The highest BCUT2D eigenvalue weighted by atomic mass is 19.1. The number of hydrogen-bond donors (Lipinski definition) is 1. The van der Waals surface area contributed by atoms with Crippen LogP contribution in [0.2, 0.25) is 0 Å². The number of aromatic nitrogens is 4. The number of furan rings is 1. The Morgan fingerprint density at radius 2 is 2.25 bits per heavy atom. The maximum absolute atomic E-state index is 13.9. The molecule has 7 nitrogen and oxygen atoms in total. The van der Waals surface area contributed by atoms with Crippen molar-refractivity contribution in [1.29, 1.82) is 0 Å². The fourth-order valence-electron chi connectivity index (χ4n) is 2.92. The zero-order chi connectivity index (χ0) is 16.5. The smallest absolute Gasteiger partial charge is 0.312 e. The molecule has 24 heavy (non-hydrogen) atoms. The molecule has 1 N–H and O–H groups in total. The van der Waals surface area contributed by atoms with Crippen LogP contribution in [-0.4, -0.2) is 26.1 Å². The number of hydrogen-bond acceptors (Lipinski definition) is 6. The van der Waals surface area contributed by atoms with Crippen molar-refractivity contribution in [3.63, 3.8) is 0 Å². The van der Waals surface area contributed by atoms with E-state index >= 15 is 0 Å². The molecule has 3 aromatic heterocycles. The first-order chi connectivity index (χ1) is 11.7. The molecule has 1 atom stereocenters. The summed E-state index contributed by atoms with van der Waals surface area (Å²) in [7, 11) is 0. The van der Waals surface area contributed by atoms with E-state index in [2.05, 4.69) is 20.3 Å². The van der Waals surface area contributed by atoms with Crippen molar-refractivity contribution in [3.05, 3.63) is 36.1 Å². The summed E-state index contributed by atoms with van der Waals surface area (Å²) in [6.07, 6.45) is 3.67. The van der Waals surface area contributed by atoms with E-state index < -0.39 is 6.08 Å². The Morgan fingerprint density at radius 3 is 3.00 bits per heavy atom. The lowest BCUT2D eigenvalue weighted by atomic mass is 10.2. The molecule has 1 aliphatic rings. The fourth-order valence-corrected chi connectivity index (χ4v) is 2.92. The Balaban J connectivity index is 1.64. The molecule has 3 aromatic rings. The lowest BCUT2D eigenvalue weighted by Crippen LogP contribution is -2.18. The van der Waals surface area contributed by atoms with E-state index in [0.717, 1.165) is 30.8 Å². The third-order valence-corrected chi connectivity index (χ3v) is 4.09. The van der Waals surface area contributed by atoms with Gasteiger partial charge >= 0.3 is 6.08 Å². The van der Waals surface area contributed by atoms with Gasteiger partial charge in [-0.15, -0.1) is 0 Å². The highest BCUT2D eigenvalue weighted by Crippen LogP contribution is 2.27. The summed E-state index contributed by atoms with van der Waals surface area (Å²) in [4.78, 5) is 12.1. The van der Waals surface area contributed by atoms with Crippen molar-refractivity contribution in [3.8, 4) is 0 Å². The van der Waals surface area contributed by atoms with Gasteiger partial charge in [0, 0.05) is 6.61 Å². The third kappa shape index (κ3) is 2.84. The molecule has 0 amide bonds. The third-order valence-electron chi connectivity index (χ3n) is 4.09. The van der Waals surface area contributed by atoms with Gasteiger partial charge in [-0.3, -0.25) is 4.57 Å². The zero-order valence-electron chi connectivity index (χ0n) is 13.3. The molecule has 0 bridgehead atoms. The predicted molar refractivity (Wildman–Crippen MR) is 84.9 cm³/mol. The number of halogens is 1. The standard InChI is InChI=1S/C16H18FN5O2/c1-10-5-6-11(24-10)8-18-14-13-15(21-16(17)20-14)22(9-19-13)12-4-2-3-7-23-12/h5-6,9,12H,2-4,7-8H2,1H3,(H,18,20,21). The predicted octanol–water partition coefficient (Wildman–Crippen LogP) is 3.18. The lowest BCUT2D eigenvalue weighted by Gasteiger charge is -2.23. The largest absolute Gasteiger partial charge is 0.465 e. The first-order valence-electron chi connectivity index (χ1n) is 8.01. The van der Waals surface area contributed by atoms with Crippen LogP contribution in [0.5, 0.6) is 0 Å². The second-order valence-electron chi connectivity index (χ2n) is 5.85. The number of imidazole rings is 1. The molecule has 1 saturated heterocycles. The maximum atomic E-state index is 13.9. The van der Waals surface area contributed by atoms with Crippen LogP contribution in [0.15, 0.2) is 22.9 Å². The molecule has 4 rings (SSSR count). The van der Waals surface area contributed by atoms with E-state index in [1.165, 1.54) is 0 Å². The van der Waals surface area contributed by atoms with Crippen molar-refractivity contribution in [2.24, 2.45) is 0 Å². The SMILES string of the molecule is Cc1ccc(CNc2nc(F)nc3c2ncn3C2CCCCO2)o1. The quantitative estimate of drug-likeness (QED) is 0.740. The molecule has 1 unspecified atom stereocenters. The van der Waals surface area contributed by atoms with Crippen molar-refractivity contribution in [2.75, 3.05) is 11.9 Å². The summed E-state index contributed by atoms with van der Waals surface area (Å²) in [5.74, 6) is 1.92. The number of nitrogens with zero attached hydrogens (tertiary/aromatic N) is 4. The summed E-state index contributed by atoms with van der Waals surface area (Å²) in [6, 6.07) is 3.74. The van der Waals surface area contributed by atoms with Crippen LogP contribution in [0.4, 0.5) is 10.2 Å². The highest BCUT2D eigenvalue weighted by Gasteiger charge is 2.21. The summed E-state index contributed by atoms with van der Waals surface area (Å²) < 4.78 is 26.9. The van der Waals surface area contributed by atoms with Crippen LogP contribution >= 0.6 is 0 Å². The van der Waals surface area contributed by atoms with E-state index in [4.69, 9.17) is 9.15 Å². The summed E-state index contributed by atoms with van der Waals surface area (Å²) in [6.45, 7) is 2.96. The Labute approximate surface area is 137 Å². The van der Waals surface area contributed by atoms with Crippen molar-refractivity contribution < 1.29 is 13.5 Å². The van der Waals surface area contributed by atoms with Crippen LogP contribution in [0.25, 0.3) is 11.2 Å². The van der Waals surface area contributed by atoms with Gasteiger partial charge in [0.15, 0.2) is 17.0 Å².